The summed E-state index contributed by atoms with van der Waals surface area (Å²) in [6.45, 7) is 4.79. The molecule has 100 valence electrons. The predicted molar refractivity (Wildman–Crippen MR) is 79.4 cm³/mol. The molecule has 0 fully saturated rings. The van der Waals surface area contributed by atoms with Crippen molar-refractivity contribution < 1.29 is 4.74 Å². The summed E-state index contributed by atoms with van der Waals surface area (Å²) >= 11 is 0. The van der Waals surface area contributed by atoms with Crippen LogP contribution in [0.3, 0.4) is 0 Å². The smallest absolute Gasteiger partial charge is 0.125 e. The Bertz CT molecular complexity index is 536. The first kappa shape index (κ1) is 13.6. The minimum absolute atomic E-state index is 0.0206. The highest BCUT2D eigenvalue weighted by Crippen LogP contribution is 2.28. The van der Waals surface area contributed by atoms with Crippen molar-refractivity contribution in [3.63, 3.8) is 0 Å². The van der Waals surface area contributed by atoms with Gasteiger partial charge in [-0.3, -0.25) is 0 Å². The number of hydrogen-bond donors (Lipinski definition) is 1. The van der Waals surface area contributed by atoms with Gasteiger partial charge in [-0.05, 0) is 43.1 Å². The van der Waals surface area contributed by atoms with Gasteiger partial charge in [-0.2, -0.15) is 0 Å². The average molecular weight is 255 g/mol. The molecule has 0 heterocycles. The van der Waals surface area contributed by atoms with Crippen LogP contribution in [0.5, 0.6) is 5.75 Å². The van der Waals surface area contributed by atoms with E-state index in [1.165, 1.54) is 11.1 Å². The van der Waals surface area contributed by atoms with Crippen LogP contribution in [-0.4, -0.2) is 6.54 Å². The average Bonchev–Trinajstić information content (AvgIpc) is 2.41. The molecule has 0 aliphatic carbocycles. The Hall–Kier alpha value is -1.80. The molecule has 0 radical (unpaired) electrons. The Labute approximate surface area is 115 Å². The summed E-state index contributed by atoms with van der Waals surface area (Å²) in [6.07, 6.45) is 0.839. The normalized spacial score (nSPS) is 12.2. The maximum atomic E-state index is 6.17. The lowest BCUT2D eigenvalue weighted by atomic mass is 10.0. The van der Waals surface area contributed by atoms with Crippen LogP contribution in [0.25, 0.3) is 0 Å². The number of aryl methyl sites for hydroxylation is 2. The molecule has 2 aromatic rings. The molecular formula is C17H21NO. The van der Waals surface area contributed by atoms with Crippen LogP contribution in [0.1, 0.15) is 29.2 Å². The topological polar surface area (TPSA) is 35.2 Å². The Morgan fingerprint density at radius 1 is 0.947 bits per heavy atom. The summed E-state index contributed by atoms with van der Waals surface area (Å²) in [5, 5.41) is 0. The molecule has 0 amide bonds. The van der Waals surface area contributed by atoms with Crippen molar-refractivity contribution in [3.8, 4) is 5.75 Å². The lowest BCUT2D eigenvalue weighted by Crippen LogP contribution is -2.14. The standard InChI is InChI=1S/C17H21NO/c1-13-7-3-5-9-15(13)17(11-12-18)19-16-10-6-4-8-14(16)2/h3-10,17H,11-12,18H2,1-2H3. The van der Waals surface area contributed by atoms with Crippen LogP contribution < -0.4 is 10.5 Å². The van der Waals surface area contributed by atoms with Gasteiger partial charge >= 0.3 is 0 Å². The van der Waals surface area contributed by atoms with E-state index in [1.807, 2.05) is 30.3 Å². The maximum Gasteiger partial charge on any atom is 0.125 e. The van der Waals surface area contributed by atoms with Gasteiger partial charge in [0.05, 0.1) is 0 Å². The summed E-state index contributed by atoms with van der Waals surface area (Å²) in [4.78, 5) is 0. The minimum Gasteiger partial charge on any atom is -0.485 e. The van der Waals surface area contributed by atoms with E-state index in [2.05, 4.69) is 32.0 Å². The molecule has 2 rings (SSSR count). The second-order valence-corrected chi connectivity index (χ2v) is 4.81. The summed E-state index contributed by atoms with van der Waals surface area (Å²) < 4.78 is 6.17. The molecule has 0 aromatic heterocycles. The third kappa shape index (κ3) is 3.36. The summed E-state index contributed by atoms with van der Waals surface area (Å²) in [5.41, 5.74) is 9.34. The van der Waals surface area contributed by atoms with Gasteiger partial charge in [0, 0.05) is 6.42 Å². The van der Waals surface area contributed by atoms with Gasteiger partial charge in [0.1, 0.15) is 11.9 Å². The maximum absolute atomic E-state index is 6.17. The molecule has 2 nitrogen and oxygen atoms in total. The fourth-order valence-corrected chi connectivity index (χ4v) is 2.22. The first-order chi connectivity index (χ1) is 9.22. The van der Waals surface area contributed by atoms with Crippen LogP contribution in [0.15, 0.2) is 48.5 Å². The van der Waals surface area contributed by atoms with Gasteiger partial charge < -0.3 is 10.5 Å². The molecule has 1 unspecified atom stereocenters. The van der Waals surface area contributed by atoms with E-state index >= 15 is 0 Å². The number of ether oxygens (including phenoxy) is 1. The summed E-state index contributed by atoms with van der Waals surface area (Å²) in [5.74, 6) is 0.934. The van der Waals surface area contributed by atoms with Crippen LogP contribution in [-0.2, 0) is 0 Å². The lowest BCUT2D eigenvalue weighted by Gasteiger charge is -2.21. The zero-order chi connectivity index (χ0) is 13.7. The third-order valence-electron chi connectivity index (χ3n) is 3.33. The van der Waals surface area contributed by atoms with Crippen LogP contribution >= 0.6 is 0 Å². The SMILES string of the molecule is Cc1ccccc1OC(CCN)c1ccccc1C. The fraction of sp³-hybridized carbons (Fsp3) is 0.294. The first-order valence-electron chi connectivity index (χ1n) is 6.70. The highest BCUT2D eigenvalue weighted by Gasteiger charge is 2.15. The van der Waals surface area contributed by atoms with Gasteiger partial charge in [0.2, 0.25) is 0 Å². The Morgan fingerprint density at radius 3 is 2.21 bits per heavy atom. The van der Waals surface area contributed by atoms with Gasteiger partial charge in [-0.25, -0.2) is 0 Å². The first-order valence-corrected chi connectivity index (χ1v) is 6.70. The molecule has 2 aromatic carbocycles. The van der Waals surface area contributed by atoms with E-state index in [1.54, 1.807) is 0 Å². The molecule has 0 aliphatic rings. The van der Waals surface area contributed by atoms with Crippen molar-refractivity contribution in [3.05, 3.63) is 65.2 Å². The van der Waals surface area contributed by atoms with E-state index in [-0.39, 0.29) is 6.10 Å². The van der Waals surface area contributed by atoms with Crippen molar-refractivity contribution in [2.45, 2.75) is 26.4 Å². The minimum atomic E-state index is 0.0206. The zero-order valence-corrected chi connectivity index (χ0v) is 11.6. The summed E-state index contributed by atoms with van der Waals surface area (Å²) in [7, 11) is 0. The van der Waals surface area contributed by atoms with Crippen LogP contribution in [0, 0.1) is 13.8 Å². The lowest BCUT2D eigenvalue weighted by molar-refractivity contribution is 0.195. The molecule has 0 aliphatic heterocycles. The second-order valence-electron chi connectivity index (χ2n) is 4.81. The molecule has 2 N–H and O–H groups in total. The third-order valence-corrected chi connectivity index (χ3v) is 3.33. The molecule has 1 atom stereocenters. The van der Waals surface area contributed by atoms with E-state index in [0.29, 0.717) is 6.54 Å². The molecule has 0 saturated heterocycles. The Morgan fingerprint density at radius 2 is 1.58 bits per heavy atom. The van der Waals surface area contributed by atoms with Crippen molar-refractivity contribution in [2.24, 2.45) is 5.73 Å². The monoisotopic (exact) mass is 255 g/mol. The van der Waals surface area contributed by atoms with Crippen molar-refractivity contribution >= 4 is 0 Å². The van der Waals surface area contributed by atoms with Crippen molar-refractivity contribution in [1.29, 1.82) is 0 Å². The second kappa shape index (κ2) is 6.39. The molecular weight excluding hydrogens is 234 g/mol. The fourth-order valence-electron chi connectivity index (χ4n) is 2.22. The quantitative estimate of drug-likeness (QED) is 0.882. The zero-order valence-electron chi connectivity index (χ0n) is 11.6. The highest BCUT2D eigenvalue weighted by molar-refractivity contribution is 5.34. The number of hydrogen-bond acceptors (Lipinski definition) is 2. The summed E-state index contributed by atoms with van der Waals surface area (Å²) in [6, 6.07) is 16.4. The molecule has 19 heavy (non-hydrogen) atoms. The van der Waals surface area contributed by atoms with Crippen LogP contribution in [0.4, 0.5) is 0 Å². The predicted octanol–water partition coefficient (Wildman–Crippen LogP) is 3.77. The van der Waals surface area contributed by atoms with E-state index in [0.717, 1.165) is 17.7 Å². The number of benzene rings is 2. The van der Waals surface area contributed by atoms with Crippen molar-refractivity contribution in [1.82, 2.24) is 0 Å². The molecule has 0 saturated carbocycles. The number of rotatable bonds is 5. The van der Waals surface area contributed by atoms with E-state index < -0.39 is 0 Å². The molecule has 2 heteroatoms. The van der Waals surface area contributed by atoms with E-state index in [4.69, 9.17) is 10.5 Å². The number of para-hydroxylation sites is 1. The van der Waals surface area contributed by atoms with Gasteiger partial charge in [0.25, 0.3) is 0 Å². The van der Waals surface area contributed by atoms with Gasteiger partial charge in [-0.15, -0.1) is 0 Å². The Balaban J connectivity index is 2.27. The van der Waals surface area contributed by atoms with Crippen molar-refractivity contribution in [2.75, 3.05) is 6.54 Å². The highest BCUT2D eigenvalue weighted by atomic mass is 16.5. The Kier molecular flexibility index (Phi) is 4.58. The molecule has 0 spiro atoms. The number of nitrogens with two attached hydrogens (primary N) is 1. The molecule has 0 bridgehead atoms. The van der Waals surface area contributed by atoms with Gasteiger partial charge in [-0.1, -0.05) is 42.5 Å². The van der Waals surface area contributed by atoms with Gasteiger partial charge in [0.15, 0.2) is 0 Å². The van der Waals surface area contributed by atoms with E-state index in [9.17, 15) is 0 Å². The largest absolute Gasteiger partial charge is 0.485 e. The van der Waals surface area contributed by atoms with Crippen LogP contribution in [0.2, 0.25) is 0 Å².